The lowest BCUT2D eigenvalue weighted by atomic mass is 10.1. The van der Waals surface area contributed by atoms with Crippen LogP contribution in [0, 0.1) is 0 Å². The molecule has 0 heterocycles. The number of rotatable bonds is 10. The van der Waals surface area contributed by atoms with Gasteiger partial charge in [0, 0.05) is 30.9 Å². The highest BCUT2D eigenvalue weighted by Gasteiger charge is 2.12. The maximum absolute atomic E-state index is 12.4. The molecular weight excluding hydrogens is 366 g/mol. The van der Waals surface area contributed by atoms with Crippen LogP contribution in [0.5, 0.6) is 5.75 Å². The van der Waals surface area contributed by atoms with E-state index < -0.39 is 0 Å². The zero-order chi connectivity index (χ0) is 21.2. The minimum Gasteiger partial charge on any atom is -0.491 e. The van der Waals surface area contributed by atoms with Gasteiger partial charge >= 0.3 is 0 Å². The summed E-state index contributed by atoms with van der Waals surface area (Å²) < 4.78 is 5.61. The Hall–Kier alpha value is -3.02. The number of amides is 2. The van der Waals surface area contributed by atoms with Gasteiger partial charge in [0.05, 0.1) is 12.6 Å². The van der Waals surface area contributed by atoms with Gasteiger partial charge in [-0.25, -0.2) is 0 Å². The number of carbonyl (C=O) groups excluding carboxylic acids is 2. The lowest BCUT2D eigenvalue weighted by Crippen LogP contribution is -2.31. The Bertz CT molecular complexity index is 799. The SMILES string of the molecule is CCN(CC)C(=O)c1cccc(NCC(=O)NCc2ccc(OC(C)C)cc2)c1. The van der Waals surface area contributed by atoms with E-state index in [2.05, 4.69) is 10.6 Å². The molecule has 0 radical (unpaired) electrons. The smallest absolute Gasteiger partial charge is 0.253 e. The monoisotopic (exact) mass is 397 g/mol. The van der Waals surface area contributed by atoms with Crippen molar-refractivity contribution in [2.24, 2.45) is 0 Å². The third-order valence-corrected chi connectivity index (χ3v) is 4.40. The van der Waals surface area contributed by atoms with Gasteiger partial charge in [0.1, 0.15) is 5.75 Å². The highest BCUT2D eigenvalue weighted by Crippen LogP contribution is 2.14. The summed E-state index contributed by atoms with van der Waals surface area (Å²) >= 11 is 0. The fourth-order valence-corrected chi connectivity index (χ4v) is 2.86. The van der Waals surface area contributed by atoms with E-state index in [0.717, 1.165) is 17.0 Å². The first-order valence-electron chi connectivity index (χ1n) is 10.1. The molecule has 0 saturated heterocycles. The number of hydrogen-bond acceptors (Lipinski definition) is 4. The molecule has 0 saturated carbocycles. The van der Waals surface area contributed by atoms with Crippen LogP contribution < -0.4 is 15.4 Å². The van der Waals surface area contributed by atoms with Crippen molar-refractivity contribution in [2.45, 2.75) is 40.3 Å². The Labute approximate surface area is 173 Å². The van der Waals surface area contributed by atoms with Crippen LogP contribution in [-0.4, -0.2) is 42.5 Å². The van der Waals surface area contributed by atoms with Gasteiger partial charge in [0.2, 0.25) is 5.91 Å². The molecule has 0 atom stereocenters. The zero-order valence-electron chi connectivity index (χ0n) is 17.7. The van der Waals surface area contributed by atoms with Crippen LogP contribution >= 0.6 is 0 Å². The molecule has 2 N–H and O–H groups in total. The van der Waals surface area contributed by atoms with Crippen molar-refractivity contribution in [3.05, 3.63) is 59.7 Å². The third kappa shape index (κ3) is 7.14. The van der Waals surface area contributed by atoms with Crippen molar-refractivity contribution in [3.63, 3.8) is 0 Å². The van der Waals surface area contributed by atoms with E-state index in [4.69, 9.17) is 4.74 Å². The molecular formula is C23H31N3O3. The van der Waals surface area contributed by atoms with E-state index in [1.54, 1.807) is 17.0 Å². The normalized spacial score (nSPS) is 10.5. The van der Waals surface area contributed by atoms with E-state index in [9.17, 15) is 9.59 Å². The Morgan fingerprint density at radius 2 is 1.72 bits per heavy atom. The Balaban J connectivity index is 1.83. The second-order valence-corrected chi connectivity index (χ2v) is 7.00. The summed E-state index contributed by atoms with van der Waals surface area (Å²) in [5.74, 6) is 0.692. The molecule has 0 bridgehead atoms. The molecule has 6 heteroatoms. The Morgan fingerprint density at radius 1 is 1.03 bits per heavy atom. The first kappa shape index (κ1) is 22.3. The highest BCUT2D eigenvalue weighted by atomic mass is 16.5. The molecule has 6 nitrogen and oxygen atoms in total. The molecule has 2 aromatic carbocycles. The van der Waals surface area contributed by atoms with E-state index in [0.29, 0.717) is 25.2 Å². The van der Waals surface area contributed by atoms with E-state index in [1.807, 2.05) is 64.1 Å². The molecule has 2 amide bonds. The van der Waals surface area contributed by atoms with E-state index in [-0.39, 0.29) is 24.5 Å². The predicted octanol–water partition coefficient (Wildman–Crippen LogP) is 3.68. The van der Waals surface area contributed by atoms with Crippen LogP contribution in [0.4, 0.5) is 5.69 Å². The summed E-state index contributed by atoms with van der Waals surface area (Å²) in [6.07, 6.45) is 0.132. The van der Waals surface area contributed by atoms with Crippen molar-refractivity contribution in [1.82, 2.24) is 10.2 Å². The van der Waals surface area contributed by atoms with Gasteiger partial charge in [-0.2, -0.15) is 0 Å². The molecule has 0 unspecified atom stereocenters. The minimum atomic E-state index is -0.118. The second-order valence-electron chi connectivity index (χ2n) is 7.00. The molecule has 0 aliphatic heterocycles. The standard InChI is InChI=1S/C23H31N3O3/c1-5-26(6-2)23(28)19-8-7-9-20(14-19)24-16-22(27)25-15-18-10-12-21(13-11-18)29-17(3)4/h7-14,17,24H,5-6,15-16H2,1-4H3,(H,25,27). The van der Waals surface area contributed by atoms with E-state index >= 15 is 0 Å². The van der Waals surface area contributed by atoms with E-state index in [1.165, 1.54) is 0 Å². The maximum atomic E-state index is 12.4. The van der Waals surface area contributed by atoms with Crippen molar-refractivity contribution in [1.29, 1.82) is 0 Å². The quantitative estimate of drug-likeness (QED) is 0.642. The van der Waals surface area contributed by atoms with Crippen LogP contribution in [0.1, 0.15) is 43.6 Å². The minimum absolute atomic E-state index is 0.00649. The molecule has 29 heavy (non-hydrogen) atoms. The van der Waals surface area contributed by atoms with Crippen LogP contribution in [0.2, 0.25) is 0 Å². The van der Waals surface area contributed by atoms with Crippen LogP contribution in [0.3, 0.4) is 0 Å². The van der Waals surface area contributed by atoms with Gasteiger partial charge in [0.15, 0.2) is 0 Å². The van der Waals surface area contributed by atoms with Gasteiger partial charge in [-0.3, -0.25) is 9.59 Å². The maximum Gasteiger partial charge on any atom is 0.253 e. The topological polar surface area (TPSA) is 70.7 Å². The van der Waals surface area contributed by atoms with Crippen molar-refractivity contribution < 1.29 is 14.3 Å². The van der Waals surface area contributed by atoms with Crippen LogP contribution in [0.25, 0.3) is 0 Å². The number of anilines is 1. The molecule has 0 fully saturated rings. The van der Waals surface area contributed by atoms with Crippen molar-refractivity contribution in [3.8, 4) is 5.75 Å². The highest BCUT2D eigenvalue weighted by molar-refractivity contribution is 5.95. The summed E-state index contributed by atoms with van der Waals surface area (Å²) in [7, 11) is 0. The molecule has 2 aromatic rings. The van der Waals surface area contributed by atoms with Gasteiger partial charge in [-0.1, -0.05) is 18.2 Å². The summed E-state index contributed by atoms with van der Waals surface area (Å²) in [6, 6.07) is 14.9. The van der Waals surface area contributed by atoms with Gasteiger partial charge in [0.25, 0.3) is 5.91 Å². The van der Waals surface area contributed by atoms with Gasteiger partial charge < -0.3 is 20.3 Å². The Kier molecular flexibility index (Phi) is 8.52. The lowest BCUT2D eigenvalue weighted by molar-refractivity contribution is -0.119. The summed E-state index contributed by atoms with van der Waals surface area (Å²) in [5, 5.41) is 5.96. The predicted molar refractivity (Wildman–Crippen MR) is 116 cm³/mol. The third-order valence-electron chi connectivity index (χ3n) is 4.40. The molecule has 156 valence electrons. The fourth-order valence-electron chi connectivity index (χ4n) is 2.86. The van der Waals surface area contributed by atoms with Crippen LogP contribution in [0.15, 0.2) is 48.5 Å². The molecule has 2 rings (SSSR count). The van der Waals surface area contributed by atoms with Gasteiger partial charge in [-0.15, -0.1) is 0 Å². The number of nitrogens with zero attached hydrogens (tertiary/aromatic N) is 1. The first-order chi connectivity index (χ1) is 13.9. The van der Waals surface area contributed by atoms with Crippen molar-refractivity contribution >= 4 is 17.5 Å². The number of hydrogen-bond donors (Lipinski definition) is 2. The number of ether oxygens (including phenoxy) is 1. The summed E-state index contributed by atoms with van der Waals surface area (Å²) in [6.45, 7) is 9.80. The average Bonchev–Trinajstić information content (AvgIpc) is 2.72. The second kappa shape index (κ2) is 11.1. The number of nitrogens with one attached hydrogen (secondary N) is 2. The van der Waals surface area contributed by atoms with Crippen LogP contribution in [-0.2, 0) is 11.3 Å². The average molecular weight is 398 g/mol. The lowest BCUT2D eigenvalue weighted by Gasteiger charge is -2.19. The Morgan fingerprint density at radius 3 is 2.34 bits per heavy atom. The number of carbonyl (C=O) groups is 2. The fraction of sp³-hybridized carbons (Fsp3) is 0.391. The summed E-state index contributed by atoms with van der Waals surface area (Å²) in [4.78, 5) is 26.4. The molecule has 0 aliphatic carbocycles. The molecule has 0 aromatic heterocycles. The number of benzene rings is 2. The summed E-state index contributed by atoms with van der Waals surface area (Å²) in [5.41, 5.74) is 2.36. The molecule has 0 aliphatic rings. The van der Waals surface area contributed by atoms with Gasteiger partial charge in [-0.05, 0) is 63.6 Å². The molecule has 0 spiro atoms. The largest absolute Gasteiger partial charge is 0.491 e. The van der Waals surface area contributed by atoms with Crippen molar-refractivity contribution in [2.75, 3.05) is 25.0 Å². The first-order valence-corrected chi connectivity index (χ1v) is 10.1. The zero-order valence-corrected chi connectivity index (χ0v) is 17.7.